The molecule has 0 amide bonds. The number of pyridine rings is 1. The summed E-state index contributed by atoms with van der Waals surface area (Å²) in [5.74, 6) is -1.70. The van der Waals surface area contributed by atoms with Crippen LogP contribution in [0, 0.1) is 0 Å². The Balaban J connectivity index is 1.66. The Morgan fingerprint density at radius 3 is 2.35 bits per heavy atom. The maximum atomic E-state index is 13.5. The van der Waals surface area contributed by atoms with Crippen LogP contribution in [0.2, 0.25) is 0 Å². The molecule has 0 spiro atoms. The average molecular weight is 481 g/mol. The summed E-state index contributed by atoms with van der Waals surface area (Å²) in [4.78, 5) is 16.6. The highest BCUT2D eigenvalue weighted by molar-refractivity contribution is 6.05. The molecule has 34 heavy (non-hydrogen) atoms. The molecule has 10 heteroatoms. The molecular weight excluding hydrogens is 464 g/mol. The van der Waals surface area contributed by atoms with Crippen LogP contribution in [0.5, 0.6) is 5.75 Å². The second kappa shape index (κ2) is 8.66. The summed E-state index contributed by atoms with van der Waals surface area (Å²) in [5, 5.41) is 10.3. The predicted octanol–water partition coefficient (Wildman–Crippen LogP) is 6.68. The number of ether oxygens (including phenoxy) is 1. The van der Waals surface area contributed by atoms with Gasteiger partial charge in [-0.15, -0.1) is 0 Å². The minimum absolute atomic E-state index is 0.183. The monoisotopic (exact) mass is 481 g/mol. The maximum absolute atomic E-state index is 13.5. The molecule has 0 saturated carbocycles. The van der Waals surface area contributed by atoms with E-state index in [1.165, 1.54) is 12.1 Å². The number of nitrogens with zero attached hydrogens (tertiary/aromatic N) is 1. The molecule has 0 unspecified atom stereocenters. The highest BCUT2D eigenvalue weighted by Crippen LogP contribution is 2.38. The molecule has 178 valence electrons. The molecular formula is C24H17F6NO3. The second-order valence-electron chi connectivity index (χ2n) is 7.80. The summed E-state index contributed by atoms with van der Waals surface area (Å²) in [6.45, 7) is 0. The Kier molecular flexibility index (Phi) is 6.01. The van der Waals surface area contributed by atoms with E-state index < -0.39 is 30.2 Å². The number of carbonyl (C=O) groups is 1. The maximum Gasteiger partial charge on any atom is 0.439 e. The molecule has 1 aliphatic carbocycles. The molecule has 0 saturated heterocycles. The lowest BCUT2D eigenvalue weighted by Gasteiger charge is -2.23. The highest BCUT2D eigenvalue weighted by Gasteiger charge is 2.59. The number of carboxylic acid groups (broad SMARTS) is 1. The third kappa shape index (κ3) is 4.57. The Bertz CT molecular complexity index is 1270. The fourth-order valence-corrected chi connectivity index (χ4v) is 3.95. The summed E-state index contributed by atoms with van der Waals surface area (Å²) in [7, 11) is 0. The van der Waals surface area contributed by atoms with Crippen molar-refractivity contribution in [3.63, 3.8) is 0 Å². The number of rotatable bonds is 5. The van der Waals surface area contributed by atoms with E-state index in [1.54, 1.807) is 30.3 Å². The minimum Gasteiger partial charge on any atom is -0.478 e. The smallest absolute Gasteiger partial charge is 0.439 e. The topological polar surface area (TPSA) is 59.4 Å². The molecule has 0 radical (unpaired) electrons. The quantitative estimate of drug-likeness (QED) is 0.413. The van der Waals surface area contributed by atoms with Gasteiger partial charge in [0.2, 0.25) is 0 Å². The number of carboxylic acids is 1. The fourth-order valence-electron chi connectivity index (χ4n) is 3.95. The van der Waals surface area contributed by atoms with Crippen LogP contribution in [-0.4, -0.2) is 34.5 Å². The van der Waals surface area contributed by atoms with Gasteiger partial charge in [0.1, 0.15) is 5.75 Å². The number of hydrogen-bond donors (Lipinski definition) is 1. The number of benzene rings is 2. The molecule has 3 aromatic rings. The van der Waals surface area contributed by atoms with Crippen molar-refractivity contribution in [1.82, 2.24) is 4.98 Å². The molecule has 1 aromatic heterocycles. The van der Waals surface area contributed by atoms with E-state index in [2.05, 4.69) is 9.72 Å². The zero-order chi connectivity index (χ0) is 24.7. The first-order valence-corrected chi connectivity index (χ1v) is 10.2. The lowest BCUT2D eigenvalue weighted by Crippen LogP contribution is -2.45. The standard InChI is InChI=1S/C24H17F6NO3/c25-22(23(26,27)28)24(29,30)34-15-10-8-13(9-11-15)12-14-4-3-6-17-19(21(32)33)16-5-1-2-7-18(16)31-20(14)17/h1-2,5,7-12,22H,3-4,6H2,(H,32,33)/b14-12-/t22-/m1/s1. The zero-order valence-corrected chi connectivity index (χ0v) is 17.4. The van der Waals surface area contributed by atoms with Crippen molar-refractivity contribution >= 4 is 28.5 Å². The number of fused-ring (bicyclic) bond motifs is 2. The number of alkyl halides is 6. The van der Waals surface area contributed by atoms with Crippen LogP contribution in [-0.2, 0) is 6.42 Å². The van der Waals surface area contributed by atoms with E-state index in [0.29, 0.717) is 47.0 Å². The van der Waals surface area contributed by atoms with Crippen molar-refractivity contribution in [3.8, 4) is 5.75 Å². The molecule has 0 aliphatic heterocycles. The number of aromatic carboxylic acids is 1. The van der Waals surface area contributed by atoms with Gasteiger partial charge in [-0.25, -0.2) is 14.2 Å². The second-order valence-corrected chi connectivity index (χ2v) is 7.80. The van der Waals surface area contributed by atoms with Crippen LogP contribution < -0.4 is 4.74 Å². The highest BCUT2D eigenvalue weighted by atomic mass is 19.4. The van der Waals surface area contributed by atoms with Crippen LogP contribution >= 0.6 is 0 Å². The Hall–Kier alpha value is -3.56. The molecule has 1 aliphatic rings. The van der Waals surface area contributed by atoms with Crippen molar-refractivity contribution in [3.05, 3.63) is 70.9 Å². The third-order valence-corrected chi connectivity index (χ3v) is 5.44. The summed E-state index contributed by atoms with van der Waals surface area (Å²) in [6, 6.07) is 11.5. The Morgan fingerprint density at radius 2 is 1.71 bits per heavy atom. The first kappa shape index (κ1) is 23.6. The lowest BCUT2D eigenvalue weighted by atomic mass is 9.86. The minimum atomic E-state index is -5.77. The van der Waals surface area contributed by atoms with E-state index in [4.69, 9.17) is 0 Å². The van der Waals surface area contributed by atoms with Gasteiger partial charge < -0.3 is 9.84 Å². The van der Waals surface area contributed by atoms with Gasteiger partial charge in [-0.1, -0.05) is 30.3 Å². The molecule has 1 N–H and O–H groups in total. The normalized spacial score (nSPS) is 16.4. The Labute approximate surface area is 189 Å². The molecule has 2 aromatic carbocycles. The number of para-hydroxylation sites is 1. The first-order chi connectivity index (χ1) is 16.0. The largest absolute Gasteiger partial charge is 0.478 e. The van der Waals surface area contributed by atoms with Crippen LogP contribution in [0.1, 0.15) is 40.0 Å². The van der Waals surface area contributed by atoms with E-state index in [0.717, 1.165) is 17.7 Å². The number of halogens is 6. The van der Waals surface area contributed by atoms with Crippen LogP contribution in [0.15, 0.2) is 48.5 Å². The van der Waals surface area contributed by atoms with Gasteiger partial charge in [0.25, 0.3) is 6.17 Å². The molecule has 4 nitrogen and oxygen atoms in total. The van der Waals surface area contributed by atoms with Crippen LogP contribution in [0.3, 0.4) is 0 Å². The van der Waals surface area contributed by atoms with Crippen LogP contribution in [0.4, 0.5) is 26.3 Å². The van der Waals surface area contributed by atoms with Crippen molar-refractivity contribution in [2.45, 2.75) is 37.7 Å². The molecule has 1 atom stereocenters. The van der Waals surface area contributed by atoms with Crippen molar-refractivity contribution in [2.24, 2.45) is 0 Å². The van der Waals surface area contributed by atoms with Crippen LogP contribution in [0.25, 0.3) is 22.6 Å². The summed E-state index contributed by atoms with van der Waals surface area (Å²) in [5.41, 5.74) is 3.06. The Morgan fingerprint density at radius 1 is 1.03 bits per heavy atom. The van der Waals surface area contributed by atoms with Gasteiger partial charge in [-0.05, 0) is 60.2 Å². The van der Waals surface area contributed by atoms with Gasteiger partial charge in [0.05, 0.1) is 16.8 Å². The molecule has 0 bridgehead atoms. The summed E-state index contributed by atoms with van der Waals surface area (Å²) < 4.78 is 80.8. The summed E-state index contributed by atoms with van der Waals surface area (Å²) in [6.07, 6.45) is -11.8. The third-order valence-electron chi connectivity index (χ3n) is 5.44. The van der Waals surface area contributed by atoms with Gasteiger partial charge >= 0.3 is 18.3 Å². The number of allylic oxidation sites excluding steroid dienone is 1. The lowest BCUT2D eigenvalue weighted by molar-refractivity contribution is -0.304. The number of aromatic nitrogens is 1. The van der Waals surface area contributed by atoms with Gasteiger partial charge in [-0.2, -0.15) is 22.0 Å². The van der Waals surface area contributed by atoms with E-state index in [9.17, 15) is 36.2 Å². The van der Waals surface area contributed by atoms with E-state index >= 15 is 0 Å². The van der Waals surface area contributed by atoms with Crippen molar-refractivity contribution in [2.75, 3.05) is 0 Å². The number of hydrogen-bond acceptors (Lipinski definition) is 3. The molecule has 4 rings (SSSR count). The van der Waals surface area contributed by atoms with Gasteiger partial charge in [0.15, 0.2) is 0 Å². The van der Waals surface area contributed by atoms with E-state index in [-0.39, 0.29) is 5.56 Å². The zero-order valence-electron chi connectivity index (χ0n) is 17.4. The SMILES string of the molecule is O=C(O)c1c2c(nc3ccccc13)/C(=C\c1ccc(OC(F)(F)[C@H](F)C(F)(F)F)cc1)CCC2. The first-order valence-electron chi connectivity index (χ1n) is 10.2. The average Bonchev–Trinajstić information content (AvgIpc) is 2.77. The molecule has 1 heterocycles. The van der Waals surface area contributed by atoms with Crippen molar-refractivity contribution in [1.29, 1.82) is 0 Å². The van der Waals surface area contributed by atoms with Gasteiger partial charge in [-0.3, -0.25) is 0 Å². The van der Waals surface area contributed by atoms with E-state index in [1.807, 2.05) is 0 Å². The fraction of sp³-hybridized carbons (Fsp3) is 0.250. The van der Waals surface area contributed by atoms with Gasteiger partial charge in [0, 0.05) is 5.39 Å². The predicted molar refractivity (Wildman–Crippen MR) is 112 cm³/mol. The molecule has 0 fully saturated rings. The van der Waals surface area contributed by atoms with Crippen molar-refractivity contribution < 1.29 is 41.0 Å². The summed E-state index contributed by atoms with van der Waals surface area (Å²) >= 11 is 0.